The zero-order valence-electron chi connectivity index (χ0n) is 23.6. The number of hydrogen-bond acceptors (Lipinski definition) is 8. The van der Waals surface area contributed by atoms with Gasteiger partial charge in [0.1, 0.15) is 5.69 Å². The summed E-state index contributed by atoms with van der Waals surface area (Å²) in [5.41, 5.74) is 3.52. The molecule has 2 aliphatic rings. The van der Waals surface area contributed by atoms with Crippen molar-refractivity contribution in [3.63, 3.8) is 0 Å². The van der Waals surface area contributed by atoms with Crippen LogP contribution in [-0.4, -0.2) is 35.2 Å². The fraction of sp³-hybridized carbons (Fsp3) is 0.517. The van der Waals surface area contributed by atoms with Crippen molar-refractivity contribution in [2.45, 2.75) is 91.0 Å². The molecule has 0 saturated heterocycles. The third-order valence-corrected chi connectivity index (χ3v) is 9.05. The Morgan fingerprint density at radius 3 is 2.51 bits per heavy atom. The normalized spacial score (nSPS) is 18.0. The van der Waals surface area contributed by atoms with E-state index in [0.29, 0.717) is 30.5 Å². The quantitative estimate of drug-likeness (QED) is 0.241. The molecule has 1 aromatic carbocycles. The molecule has 0 unspecified atom stereocenters. The maximum absolute atomic E-state index is 13.5. The van der Waals surface area contributed by atoms with Crippen molar-refractivity contribution in [1.82, 2.24) is 35.2 Å². The highest BCUT2D eigenvalue weighted by Crippen LogP contribution is 2.43. The van der Waals surface area contributed by atoms with E-state index < -0.39 is 11.9 Å². The Morgan fingerprint density at radius 1 is 1.02 bits per heavy atom. The Bertz CT molecular complexity index is 1550. The van der Waals surface area contributed by atoms with E-state index in [9.17, 15) is 13.2 Å². The molecule has 0 N–H and O–H groups in total. The van der Waals surface area contributed by atoms with Gasteiger partial charge in [-0.05, 0) is 61.1 Å². The molecule has 0 radical (unpaired) electrons. The molecule has 3 aromatic heterocycles. The van der Waals surface area contributed by atoms with E-state index in [-0.39, 0.29) is 17.9 Å². The highest BCUT2D eigenvalue weighted by Gasteiger charge is 2.39. The second-order valence-electron chi connectivity index (χ2n) is 11.5. The van der Waals surface area contributed by atoms with Crippen LogP contribution >= 0.6 is 11.3 Å². The van der Waals surface area contributed by atoms with Gasteiger partial charge >= 0.3 is 6.18 Å². The molecule has 0 spiro atoms. The van der Waals surface area contributed by atoms with Crippen molar-refractivity contribution in [2.75, 3.05) is 4.90 Å². The SMILES string of the molecule is Cc1cc(C(F)(F)F)nc(N2Cc3sc(Cc4ccc(-c5nnn(C6CCCCC6)n5)cc4C)nc3[C@H]2C(C)C)n1. The van der Waals surface area contributed by atoms with E-state index in [2.05, 4.69) is 44.4 Å². The lowest BCUT2D eigenvalue weighted by Crippen LogP contribution is -2.29. The Hall–Kier alpha value is -3.41. The highest BCUT2D eigenvalue weighted by atomic mass is 32.1. The molecule has 6 rings (SSSR count). The molecule has 4 aromatic rings. The molecule has 1 aliphatic carbocycles. The molecule has 1 aliphatic heterocycles. The van der Waals surface area contributed by atoms with Crippen LogP contribution in [0.4, 0.5) is 19.1 Å². The molecule has 0 amide bonds. The number of nitrogens with zero attached hydrogens (tertiary/aromatic N) is 8. The first-order valence-corrected chi connectivity index (χ1v) is 15.0. The molecule has 4 heterocycles. The van der Waals surface area contributed by atoms with Gasteiger partial charge in [-0.25, -0.2) is 15.0 Å². The average Bonchev–Trinajstić information content (AvgIpc) is 3.64. The smallest absolute Gasteiger partial charge is 0.327 e. The maximum atomic E-state index is 13.5. The number of hydrogen-bond donors (Lipinski definition) is 0. The van der Waals surface area contributed by atoms with E-state index in [1.807, 2.05) is 24.8 Å². The summed E-state index contributed by atoms with van der Waals surface area (Å²) in [5.74, 6) is 0.855. The van der Waals surface area contributed by atoms with E-state index >= 15 is 0 Å². The number of thiazole rings is 1. The summed E-state index contributed by atoms with van der Waals surface area (Å²) in [5, 5.41) is 14.3. The van der Waals surface area contributed by atoms with Gasteiger partial charge < -0.3 is 4.90 Å². The van der Waals surface area contributed by atoms with Crippen LogP contribution in [0.5, 0.6) is 0 Å². The molecule has 8 nitrogen and oxygen atoms in total. The van der Waals surface area contributed by atoms with Gasteiger partial charge in [0, 0.05) is 22.6 Å². The monoisotopic (exact) mass is 582 g/mol. The minimum atomic E-state index is -4.53. The first-order valence-electron chi connectivity index (χ1n) is 14.1. The summed E-state index contributed by atoms with van der Waals surface area (Å²) < 4.78 is 40.4. The molecule has 1 saturated carbocycles. The van der Waals surface area contributed by atoms with Gasteiger partial charge in [0.2, 0.25) is 11.8 Å². The molecular weight excluding hydrogens is 549 g/mol. The van der Waals surface area contributed by atoms with E-state index in [1.165, 1.54) is 19.3 Å². The summed E-state index contributed by atoms with van der Waals surface area (Å²) >= 11 is 1.61. The summed E-state index contributed by atoms with van der Waals surface area (Å²) in [6, 6.07) is 7.37. The molecule has 216 valence electrons. The van der Waals surface area contributed by atoms with Gasteiger partial charge in [0.15, 0.2) is 0 Å². The van der Waals surface area contributed by atoms with Crippen molar-refractivity contribution in [3.05, 3.63) is 62.4 Å². The van der Waals surface area contributed by atoms with Crippen LogP contribution < -0.4 is 4.90 Å². The maximum Gasteiger partial charge on any atom is 0.433 e. The summed E-state index contributed by atoms with van der Waals surface area (Å²) in [4.78, 5) is 18.0. The molecule has 1 fully saturated rings. The fourth-order valence-electron chi connectivity index (χ4n) is 5.94. The molecule has 41 heavy (non-hydrogen) atoms. The van der Waals surface area contributed by atoms with Crippen LogP contribution in [0.25, 0.3) is 11.4 Å². The predicted octanol–water partition coefficient (Wildman–Crippen LogP) is 7.04. The standard InChI is InChI=1S/C29H33F3N8S/c1-16(2)26-25-22(15-39(26)28-33-18(4)13-23(34-28)29(30,31)32)41-24(35-25)14-19-10-11-20(12-17(19)3)27-36-38-40(37-27)21-8-6-5-7-9-21/h10-13,16,21,26H,5-9,14-15H2,1-4H3/t26-/m1/s1. The second-order valence-corrected chi connectivity index (χ2v) is 12.6. The number of anilines is 1. The van der Waals surface area contributed by atoms with E-state index in [1.54, 1.807) is 23.1 Å². The van der Waals surface area contributed by atoms with Gasteiger partial charge in [0.05, 0.1) is 29.3 Å². The van der Waals surface area contributed by atoms with E-state index in [4.69, 9.17) is 4.98 Å². The summed E-state index contributed by atoms with van der Waals surface area (Å²) in [6.07, 6.45) is 2.06. The lowest BCUT2D eigenvalue weighted by Gasteiger charge is -2.28. The second kappa shape index (κ2) is 10.8. The molecule has 0 bridgehead atoms. The van der Waals surface area contributed by atoms with Crippen LogP contribution in [0.2, 0.25) is 0 Å². The number of fused-ring (bicyclic) bond motifs is 1. The topological polar surface area (TPSA) is 85.5 Å². The Labute approximate surface area is 241 Å². The van der Waals surface area contributed by atoms with Gasteiger partial charge in [-0.3, -0.25) is 0 Å². The van der Waals surface area contributed by atoms with Crippen LogP contribution in [0, 0.1) is 19.8 Å². The lowest BCUT2D eigenvalue weighted by molar-refractivity contribution is -0.141. The van der Waals surface area contributed by atoms with Crippen LogP contribution in [0.15, 0.2) is 24.3 Å². The molecule has 12 heteroatoms. The van der Waals surface area contributed by atoms with Gasteiger partial charge in [-0.1, -0.05) is 45.2 Å². The number of benzene rings is 1. The first-order chi connectivity index (χ1) is 19.6. The number of alkyl halides is 3. The fourth-order valence-corrected chi connectivity index (χ4v) is 7.07. The Morgan fingerprint density at radius 2 is 1.80 bits per heavy atom. The minimum Gasteiger partial charge on any atom is -0.327 e. The summed E-state index contributed by atoms with van der Waals surface area (Å²) in [6.45, 7) is 8.19. The van der Waals surface area contributed by atoms with Crippen LogP contribution in [0.1, 0.15) is 96.1 Å². The molecule has 1 atom stereocenters. The van der Waals surface area contributed by atoms with Gasteiger partial charge in [-0.2, -0.15) is 18.0 Å². The largest absolute Gasteiger partial charge is 0.433 e. The third kappa shape index (κ3) is 5.58. The molecular formula is C29H33F3N8S. The Balaban J connectivity index is 1.20. The van der Waals surface area contributed by atoms with E-state index in [0.717, 1.165) is 51.2 Å². The van der Waals surface area contributed by atoms with Crippen LogP contribution in [-0.2, 0) is 19.1 Å². The minimum absolute atomic E-state index is 0.100. The van der Waals surface area contributed by atoms with Crippen LogP contribution in [0.3, 0.4) is 0 Å². The summed E-state index contributed by atoms with van der Waals surface area (Å²) in [7, 11) is 0. The number of tetrazole rings is 1. The van der Waals surface area contributed by atoms with Crippen molar-refractivity contribution in [3.8, 4) is 11.4 Å². The van der Waals surface area contributed by atoms with Crippen molar-refractivity contribution in [2.24, 2.45) is 5.92 Å². The number of aromatic nitrogens is 7. The third-order valence-electron chi connectivity index (χ3n) is 7.99. The first kappa shape index (κ1) is 27.7. The Kier molecular flexibility index (Phi) is 7.29. The zero-order valence-corrected chi connectivity index (χ0v) is 24.4. The van der Waals surface area contributed by atoms with Crippen molar-refractivity contribution >= 4 is 17.3 Å². The van der Waals surface area contributed by atoms with Crippen molar-refractivity contribution in [1.29, 1.82) is 0 Å². The highest BCUT2D eigenvalue weighted by molar-refractivity contribution is 7.11. The zero-order chi connectivity index (χ0) is 28.9. The predicted molar refractivity (Wildman–Crippen MR) is 151 cm³/mol. The number of halogens is 3. The lowest BCUT2D eigenvalue weighted by atomic mass is 9.96. The average molecular weight is 583 g/mol. The van der Waals surface area contributed by atoms with Crippen molar-refractivity contribution < 1.29 is 13.2 Å². The van der Waals surface area contributed by atoms with Gasteiger partial charge in [0.25, 0.3) is 0 Å². The van der Waals surface area contributed by atoms with Gasteiger partial charge in [-0.15, -0.1) is 21.5 Å². The number of aryl methyl sites for hydroxylation is 2. The number of rotatable bonds is 6.